The Balaban J connectivity index is 1.78. The van der Waals surface area contributed by atoms with E-state index in [0.29, 0.717) is 13.2 Å². The lowest BCUT2D eigenvalue weighted by Gasteiger charge is -2.43. The van der Waals surface area contributed by atoms with Crippen LogP contribution in [0, 0.1) is 5.92 Å². The van der Waals surface area contributed by atoms with Crippen molar-refractivity contribution in [3.8, 4) is 5.75 Å². The molecule has 0 saturated carbocycles. The van der Waals surface area contributed by atoms with Crippen LogP contribution in [-0.2, 0) is 15.8 Å². The first-order valence-electron chi connectivity index (χ1n) is 13.6. The van der Waals surface area contributed by atoms with E-state index in [2.05, 4.69) is 107 Å². The number of methoxy groups -OCH3 is 1. The van der Waals surface area contributed by atoms with Gasteiger partial charge in [0.2, 0.25) is 0 Å². The summed E-state index contributed by atoms with van der Waals surface area (Å²) in [5.41, 5.74) is 1.12. The molecule has 0 aliphatic heterocycles. The highest BCUT2D eigenvalue weighted by molar-refractivity contribution is 6.99. The molecule has 0 aliphatic rings. The van der Waals surface area contributed by atoms with Crippen LogP contribution in [0.3, 0.4) is 0 Å². The topological polar surface area (TPSA) is 27.7 Å². The van der Waals surface area contributed by atoms with Crippen LogP contribution in [0.25, 0.3) is 0 Å². The molecule has 0 fully saturated rings. The minimum Gasteiger partial charge on any atom is -0.497 e. The fourth-order valence-electron chi connectivity index (χ4n) is 4.88. The summed E-state index contributed by atoms with van der Waals surface area (Å²) in [5.74, 6) is 1.14. The smallest absolute Gasteiger partial charge is 0.261 e. The minimum absolute atomic E-state index is 0.0310. The van der Waals surface area contributed by atoms with Crippen LogP contribution in [0.1, 0.15) is 46.1 Å². The predicted octanol–water partition coefficient (Wildman–Crippen LogP) is 7.32. The molecule has 0 heterocycles. The van der Waals surface area contributed by atoms with Crippen molar-refractivity contribution < 1.29 is 13.9 Å². The summed E-state index contributed by atoms with van der Waals surface area (Å²) in [6.45, 7) is 14.3. The zero-order chi connectivity index (χ0) is 27.4. The molecule has 0 spiro atoms. The Labute approximate surface area is 231 Å². The summed E-state index contributed by atoms with van der Waals surface area (Å²) in [4.78, 5) is 0. The van der Waals surface area contributed by atoms with Gasteiger partial charge in [-0.1, -0.05) is 119 Å². The third-order valence-electron chi connectivity index (χ3n) is 7.08. The van der Waals surface area contributed by atoms with Crippen LogP contribution >= 0.6 is 0 Å². The van der Waals surface area contributed by atoms with Gasteiger partial charge in [0.1, 0.15) is 5.75 Å². The molecule has 0 aromatic heterocycles. The van der Waals surface area contributed by atoms with E-state index in [9.17, 15) is 0 Å². The monoisotopic (exact) mass is 528 g/mol. The van der Waals surface area contributed by atoms with Gasteiger partial charge in [0, 0.05) is 6.61 Å². The van der Waals surface area contributed by atoms with E-state index in [1.165, 1.54) is 10.4 Å². The Morgan fingerprint density at radius 2 is 1.42 bits per heavy atom. The molecule has 3 rings (SSSR count). The maximum absolute atomic E-state index is 7.18. The Morgan fingerprint density at radius 3 is 1.89 bits per heavy atom. The number of benzene rings is 3. The minimum atomic E-state index is -2.56. The first-order valence-corrected chi connectivity index (χ1v) is 15.5. The number of hydrogen-bond acceptors (Lipinski definition) is 3. The first kappa shape index (κ1) is 29.6. The van der Waals surface area contributed by atoms with Crippen molar-refractivity contribution in [3.05, 3.63) is 115 Å². The number of ether oxygens (including phenoxy) is 2. The standard InChI is InChI=1S/C34H44O3Si/c1-7-15-31(36-26-29-21-23-30(35-6)24-22-29)25-20-28(8-2)27-37-38(34(3,4)5,32-16-11-9-12-17-32)33-18-13-10-14-19-33/h7,9-14,16-25,28,31H,1,8,15,26-27H2,2-6H3/b25-20-/t28-,31+/m1/s1. The van der Waals surface area contributed by atoms with Crippen molar-refractivity contribution in [2.24, 2.45) is 5.92 Å². The summed E-state index contributed by atoms with van der Waals surface area (Å²) in [6.07, 6.45) is 8.11. The lowest BCUT2D eigenvalue weighted by atomic mass is 10.1. The first-order chi connectivity index (χ1) is 18.3. The molecule has 0 unspecified atom stereocenters. The maximum atomic E-state index is 7.18. The van der Waals surface area contributed by atoms with Crippen LogP contribution in [-0.4, -0.2) is 28.1 Å². The fraction of sp³-hybridized carbons (Fsp3) is 0.353. The highest BCUT2D eigenvalue weighted by atomic mass is 28.4. The molecule has 3 aromatic rings. The molecule has 3 aromatic carbocycles. The normalized spacial score (nSPS) is 13.8. The second-order valence-electron chi connectivity index (χ2n) is 10.7. The van der Waals surface area contributed by atoms with Crippen LogP contribution in [0.5, 0.6) is 5.75 Å². The van der Waals surface area contributed by atoms with E-state index in [4.69, 9.17) is 13.9 Å². The van der Waals surface area contributed by atoms with Crippen molar-refractivity contribution in [2.75, 3.05) is 13.7 Å². The van der Waals surface area contributed by atoms with E-state index < -0.39 is 8.32 Å². The van der Waals surface area contributed by atoms with Gasteiger partial charge in [-0.25, -0.2) is 0 Å². The van der Waals surface area contributed by atoms with Crippen LogP contribution < -0.4 is 15.1 Å². The van der Waals surface area contributed by atoms with Gasteiger partial charge in [0.25, 0.3) is 8.32 Å². The average molecular weight is 529 g/mol. The molecule has 3 nitrogen and oxygen atoms in total. The molecule has 0 amide bonds. The van der Waals surface area contributed by atoms with E-state index >= 15 is 0 Å². The summed E-state index contributed by atoms with van der Waals surface area (Å²) in [6, 6.07) is 29.7. The van der Waals surface area contributed by atoms with Crippen molar-refractivity contribution in [2.45, 2.75) is 58.3 Å². The molecule has 4 heteroatoms. The molecular formula is C34H44O3Si. The summed E-state index contributed by atoms with van der Waals surface area (Å²) in [7, 11) is -0.880. The SMILES string of the molecule is C=CC[C@@H](/C=C\[C@@H](CC)CO[Si](c1ccccc1)(c1ccccc1)C(C)(C)C)OCc1ccc(OC)cc1. The maximum Gasteiger partial charge on any atom is 0.261 e. The second-order valence-corrected chi connectivity index (χ2v) is 15.1. The number of rotatable bonds is 14. The molecule has 0 radical (unpaired) electrons. The van der Waals surface area contributed by atoms with E-state index in [1.807, 2.05) is 30.3 Å². The van der Waals surface area contributed by atoms with Gasteiger partial charge in [-0.2, -0.15) is 0 Å². The quantitative estimate of drug-likeness (QED) is 0.162. The molecular weight excluding hydrogens is 484 g/mol. The highest BCUT2D eigenvalue weighted by Crippen LogP contribution is 2.37. The van der Waals surface area contributed by atoms with Crippen molar-refractivity contribution in [3.63, 3.8) is 0 Å². The van der Waals surface area contributed by atoms with Gasteiger partial charge in [-0.15, -0.1) is 6.58 Å². The Kier molecular flexibility index (Phi) is 11.1. The average Bonchev–Trinajstić information content (AvgIpc) is 2.94. The van der Waals surface area contributed by atoms with Crippen molar-refractivity contribution in [1.82, 2.24) is 0 Å². The van der Waals surface area contributed by atoms with Gasteiger partial charge in [-0.05, 0) is 51.9 Å². The molecule has 202 valence electrons. The summed E-state index contributed by atoms with van der Waals surface area (Å²) < 4.78 is 18.7. The van der Waals surface area contributed by atoms with E-state index in [1.54, 1.807) is 7.11 Å². The Hall–Kier alpha value is -2.92. The predicted molar refractivity (Wildman–Crippen MR) is 163 cm³/mol. The molecule has 0 saturated heterocycles. The van der Waals surface area contributed by atoms with Crippen LogP contribution in [0.15, 0.2) is 110 Å². The fourth-order valence-corrected chi connectivity index (χ4v) is 9.50. The van der Waals surface area contributed by atoms with Crippen LogP contribution in [0.2, 0.25) is 5.04 Å². The van der Waals surface area contributed by atoms with Gasteiger partial charge in [0.05, 0.1) is 19.8 Å². The van der Waals surface area contributed by atoms with Gasteiger partial charge < -0.3 is 13.9 Å². The van der Waals surface area contributed by atoms with Gasteiger partial charge >= 0.3 is 0 Å². The summed E-state index contributed by atoms with van der Waals surface area (Å²) in [5, 5.41) is 2.58. The third kappa shape index (κ3) is 7.56. The van der Waals surface area contributed by atoms with Gasteiger partial charge in [-0.3, -0.25) is 0 Å². The summed E-state index contributed by atoms with van der Waals surface area (Å²) >= 11 is 0. The molecule has 2 atom stereocenters. The zero-order valence-electron chi connectivity index (χ0n) is 23.7. The number of hydrogen-bond donors (Lipinski definition) is 0. The van der Waals surface area contributed by atoms with Crippen LogP contribution in [0.4, 0.5) is 0 Å². The zero-order valence-corrected chi connectivity index (χ0v) is 24.7. The lowest BCUT2D eigenvalue weighted by Crippen LogP contribution is -2.66. The molecule has 0 aliphatic carbocycles. The second kappa shape index (κ2) is 14.3. The highest BCUT2D eigenvalue weighted by Gasteiger charge is 2.50. The van der Waals surface area contributed by atoms with E-state index in [0.717, 1.165) is 24.2 Å². The van der Waals surface area contributed by atoms with Crippen molar-refractivity contribution >= 4 is 18.7 Å². The molecule has 0 bridgehead atoms. The van der Waals surface area contributed by atoms with Crippen molar-refractivity contribution in [1.29, 1.82) is 0 Å². The molecule has 0 N–H and O–H groups in total. The largest absolute Gasteiger partial charge is 0.497 e. The van der Waals surface area contributed by atoms with E-state index in [-0.39, 0.29) is 17.1 Å². The lowest BCUT2D eigenvalue weighted by molar-refractivity contribution is 0.0735. The molecule has 38 heavy (non-hydrogen) atoms. The Bertz CT molecular complexity index is 1080. The Morgan fingerprint density at radius 1 is 0.842 bits per heavy atom. The van der Waals surface area contributed by atoms with Gasteiger partial charge in [0.15, 0.2) is 0 Å². The third-order valence-corrected chi connectivity index (χ3v) is 12.1.